The van der Waals surface area contributed by atoms with Gasteiger partial charge in [-0.25, -0.2) is 9.37 Å². The maximum absolute atomic E-state index is 13.9. The summed E-state index contributed by atoms with van der Waals surface area (Å²) in [6, 6.07) is 2.27. The average molecular weight is 377 g/mol. The molecule has 0 aliphatic rings. The van der Waals surface area contributed by atoms with Crippen LogP contribution in [0.3, 0.4) is 0 Å². The van der Waals surface area contributed by atoms with E-state index >= 15 is 0 Å². The number of aromatic amines is 1. The molecule has 1 amide bonds. The zero-order chi connectivity index (χ0) is 19.4. The number of H-pyrrole nitrogens is 1. The van der Waals surface area contributed by atoms with Crippen molar-refractivity contribution in [3.05, 3.63) is 52.2 Å². The fourth-order valence-electron chi connectivity index (χ4n) is 2.87. The number of imidazole rings is 1. The Labute approximate surface area is 157 Å². The van der Waals surface area contributed by atoms with Gasteiger partial charge in [-0.15, -0.1) is 0 Å². The maximum atomic E-state index is 13.9. The van der Waals surface area contributed by atoms with Gasteiger partial charge in [-0.3, -0.25) is 9.79 Å². The molecule has 2 N–H and O–H groups in total. The van der Waals surface area contributed by atoms with E-state index in [9.17, 15) is 9.18 Å². The first kappa shape index (κ1) is 19.8. The van der Waals surface area contributed by atoms with Crippen molar-refractivity contribution >= 4 is 35.3 Å². The van der Waals surface area contributed by atoms with E-state index < -0.39 is 11.7 Å². The van der Waals surface area contributed by atoms with E-state index in [4.69, 9.17) is 11.6 Å². The van der Waals surface area contributed by atoms with Crippen LogP contribution in [0.2, 0.25) is 5.02 Å². The van der Waals surface area contributed by atoms with Gasteiger partial charge in [-0.1, -0.05) is 37.1 Å². The summed E-state index contributed by atoms with van der Waals surface area (Å²) in [7, 11) is 0. The summed E-state index contributed by atoms with van der Waals surface area (Å²) in [6.07, 6.45) is 1.63. The zero-order valence-corrected chi connectivity index (χ0v) is 15.9. The number of hydrogen-bond acceptors (Lipinski definition) is 3. The molecule has 1 heterocycles. The van der Waals surface area contributed by atoms with E-state index in [1.807, 2.05) is 20.8 Å². The van der Waals surface area contributed by atoms with Gasteiger partial charge in [0, 0.05) is 5.70 Å². The van der Waals surface area contributed by atoms with Crippen molar-refractivity contribution in [1.82, 2.24) is 15.3 Å². The molecule has 0 bridgehead atoms. The first-order chi connectivity index (χ1) is 12.3. The van der Waals surface area contributed by atoms with Crippen LogP contribution in [0, 0.1) is 5.82 Å². The Hall–Kier alpha value is -2.47. The third-order valence-corrected chi connectivity index (χ3v) is 4.30. The van der Waals surface area contributed by atoms with Crippen LogP contribution in [0.4, 0.5) is 4.39 Å². The van der Waals surface area contributed by atoms with Gasteiger partial charge in [-0.05, 0) is 44.7 Å². The molecule has 138 valence electrons. The molecule has 7 heteroatoms. The van der Waals surface area contributed by atoms with Crippen LogP contribution in [0.25, 0.3) is 11.0 Å². The Morgan fingerprint density at radius 3 is 2.73 bits per heavy atom. The Morgan fingerprint density at radius 1 is 1.50 bits per heavy atom. The lowest BCUT2D eigenvalue weighted by Crippen LogP contribution is -2.35. The van der Waals surface area contributed by atoms with Gasteiger partial charge in [-0.2, -0.15) is 0 Å². The summed E-state index contributed by atoms with van der Waals surface area (Å²) in [5.41, 5.74) is 2.75. The number of carbonyl (C=O) groups excluding carboxylic acids is 1. The van der Waals surface area contributed by atoms with Gasteiger partial charge >= 0.3 is 0 Å². The first-order valence-corrected chi connectivity index (χ1v) is 8.68. The average Bonchev–Trinajstić information content (AvgIpc) is 3.04. The van der Waals surface area contributed by atoms with E-state index in [2.05, 4.69) is 33.6 Å². The Balaban J connectivity index is 2.33. The number of halogens is 2. The predicted octanol–water partition coefficient (Wildman–Crippen LogP) is 4.80. The molecule has 1 aromatic carbocycles. The quantitative estimate of drug-likeness (QED) is 0.538. The van der Waals surface area contributed by atoms with Crippen LogP contribution in [0.1, 0.15) is 44.2 Å². The minimum absolute atomic E-state index is 0.0106. The molecule has 0 aliphatic carbocycles. The molecule has 26 heavy (non-hydrogen) atoms. The molecular weight excluding hydrogens is 355 g/mol. The van der Waals surface area contributed by atoms with Crippen LogP contribution >= 0.6 is 11.6 Å². The number of allylic oxidation sites excluding steroid dienone is 1. The number of hydrogen-bond donors (Lipinski definition) is 2. The normalized spacial score (nSPS) is 13.3. The number of aliphatic imine (C=N–C) groups is 1. The summed E-state index contributed by atoms with van der Waals surface area (Å²) in [6.45, 7) is 13.3. The van der Waals surface area contributed by atoms with Crippen molar-refractivity contribution < 1.29 is 9.18 Å². The van der Waals surface area contributed by atoms with Crippen LogP contribution in [0.15, 0.2) is 40.5 Å². The minimum Gasteiger partial charge on any atom is -0.343 e. The second-order valence-corrected chi connectivity index (χ2v) is 6.49. The number of nitrogens with one attached hydrogen (secondary N) is 2. The second-order valence-electron chi connectivity index (χ2n) is 6.08. The summed E-state index contributed by atoms with van der Waals surface area (Å²) in [5.74, 6) is -1.03. The topological polar surface area (TPSA) is 70.1 Å². The lowest BCUT2D eigenvalue weighted by molar-refractivity contribution is 0.0936. The largest absolute Gasteiger partial charge is 0.343 e. The van der Waals surface area contributed by atoms with E-state index in [1.54, 1.807) is 0 Å². The van der Waals surface area contributed by atoms with Crippen molar-refractivity contribution in [2.24, 2.45) is 4.99 Å². The van der Waals surface area contributed by atoms with Crippen LogP contribution in [-0.2, 0) is 0 Å². The van der Waals surface area contributed by atoms with Gasteiger partial charge < -0.3 is 10.3 Å². The van der Waals surface area contributed by atoms with Crippen LogP contribution in [-0.4, -0.2) is 28.6 Å². The first-order valence-electron chi connectivity index (χ1n) is 8.30. The molecule has 0 aliphatic heterocycles. The SMILES string of the molecule is C=N/C(CCC)=C(\C(=C)C)C(C)NC(=O)c1nc2c(F)ccc(Cl)c2[nH]1. The molecule has 0 radical (unpaired) electrons. The third kappa shape index (κ3) is 4.02. The molecule has 0 saturated carbocycles. The highest BCUT2D eigenvalue weighted by Crippen LogP contribution is 2.25. The number of rotatable bonds is 7. The fraction of sp³-hybridized carbons (Fsp3) is 0.316. The maximum Gasteiger partial charge on any atom is 0.287 e. The van der Waals surface area contributed by atoms with Crippen molar-refractivity contribution in [2.45, 2.75) is 39.7 Å². The van der Waals surface area contributed by atoms with E-state index in [0.717, 1.165) is 29.7 Å². The molecular formula is C19H22ClFN4O. The molecule has 0 spiro atoms. The van der Waals surface area contributed by atoms with Crippen LogP contribution < -0.4 is 5.32 Å². The Bertz CT molecular complexity index is 861. The molecule has 0 fully saturated rings. The summed E-state index contributed by atoms with van der Waals surface area (Å²) < 4.78 is 13.9. The van der Waals surface area contributed by atoms with Crippen molar-refractivity contribution in [1.29, 1.82) is 0 Å². The summed E-state index contributed by atoms with van der Waals surface area (Å²) >= 11 is 6.03. The van der Waals surface area contributed by atoms with E-state index in [-0.39, 0.29) is 17.4 Å². The lowest BCUT2D eigenvalue weighted by atomic mass is 9.97. The standard InChI is InChI=1S/C19H22ClFN4O/c1-6-7-14(22-5)15(10(2)3)11(4)23-19(26)18-24-16-12(20)8-9-13(21)17(16)25-18/h8-9,11H,2,5-7H2,1,3-4H3,(H,23,26)(H,24,25)/b15-14+. The monoisotopic (exact) mass is 376 g/mol. The molecule has 2 rings (SSSR count). The van der Waals surface area contributed by atoms with E-state index in [0.29, 0.717) is 10.5 Å². The van der Waals surface area contributed by atoms with E-state index in [1.165, 1.54) is 12.1 Å². The van der Waals surface area contributed by atoms with Crippen molar-refractivity contribution in [2.75, 3.05) is 0 Å². The van der Waals surface area contributed by atoms with Gasteiger partial charge in [0.1, 0.15) is 5.52 Å². The Kier molecular flexibility index (Phi) is 6.32. The second kappa shape index (κ2) is 8.27. The smallest absolute Gasteiger partial charge is 0.287 e. The number of carbonyl (C=O) groups is 1. The highest BCUT2D eigenvalue weighted by atomic mass is 35.5. The molecule has 0 saturated heterocycles. The molecule has 1 aromatic heterocycles. The summed E-state index contributed by atoms with van der Waals surface area (Å²) in [4.78, 5) is 23.5. The van der Waals surface area contributed by atoms with Gasteiger partial charge in [0.25, 0.3) is 5.91 Å². The highest BCUT2D eigenvalue weighted by molar-refractivity contribution is 6.35. The van der Waals surface area contributed by atoms with Gasteiger partial charge in [0.05, 0.1) is 16.6 Å². The minimum atomic E-state index is -0.545. The molecule has 2 aromatic rings. The zero-order valence-electron chi connectivity index (χ0n) is 15.1. The lowest BCUT2D eigenvalue weighted by Gasteiger charge is -2.20. The van der Waals surface area contributed by atoms with Crippen LogP contribution in [0.5, 0.6) is 0 Å². The Morgan fingerprint density at radius 2 is 2.19 bits per heavy atom. The summed E-state index contributed by atoms with van der Waals surface area (Å²) in [5, 5.41) is 3.14. The van der Waals surface area contributed by atoms with Crippen molar-refractivity contribution in [3.8, 4) is 0 Å². The number of fused-ring (bicyclic) bond motifs is 1. The third-order valence-electron chi connectivity index (χ3n) is 3.99. The highest BCUT2D eigenvalue weighted by Gasteiger charge is 2.21. The number of amides is 1. The molecule has 5 nitrogen and oxygen atoms in total. The van der Waals surface area contributed by atoms with Gasteiger partial charge in [0.15, 0.2) is 11.6 Å². The fourth-order valence-corrected chi connectivity index (χ4v) is 3.07. The number of aromatic nitrogens is 2. The number of nitrogens with zero attached hydrogens (tertiary/aromatic N) is 2. The number of benzene rings is 1. The van der Waals surface area contributed by atoms with Gasteiger partial charge in [0.2, 0.25) is 0 Å². The molecule has 1 unspecified atom stereocenters. The van der Waals surface area contributed by atoms with Crippen molar-refractivity contribution in [3.63, 3.8) is 0 Å². The molecule has 1 atom stereocenters. The predicted molar refractivity (Wildman–Crippen MR) is 104 cm³/mol.